The summed E-state index contributed by atoms with van der Waals surface area (Å²) < 4.78 is 36.9. The van der Waals surface area contributed by atoms with Gasteiger partial charge in [-0.05, 0) is 88.3 Å². The number of ether oxygens (including phenoxy) is 1. The van der Waals surface area contributed by atoms with Crippen LogP contribution in [0.15, 0.2) is 92.2 Å². The number of nitroso groups, excluding NO2 is 1. The SMILES string of the molecule is Bc1ccccc1CC1(OC)CCC(N2CCN(/C(N)=N\S(=O)(=O)c3ccc(N[C@H](CCN(C)C)CSc4ccccc4)c(N=O)c3)CC2)CC1. The second-order valence-corrected chi connectivity index (χ2v) is 16.7. The highest BCUT2D eigenvalue weighted by Crippen LogP contribution is 2.36. The van der Waals surface area contributed by atoms with E-state index in [4.69, 9.17) is 10.5 Å². The summed E-state index contributed by atoms with van der Waals surface area (Å²) in [5.74, 6) is 0.715. The van der Waals surface area contributed by atoms with Crippen LogP contribution >= 0.6 is 11.8 Å². The minimum Gasteiger partial charge on any atom is -0.380 e. The van der Waals surface area contributed by atoms with Crippen LogP contribution in [-0.2, 0) is 21.2 Å². The molecule has 1 aliphatic heterocycles. The van der Waals surface area contributed by atoms with Gasteiger partial charge in [0.1, 0.15) is 13.5 Å². The van der Waals surface area contributed by atoms with E-state index in [-0.39, 0.29) is 28.2 Å². The van der Waals surface area contributed by atoms with Crippen molar-refractivity contribution in [3.8, 4) is 0 Å². The van der Waals surface area contributed by atoms with Gasteiger partial charge >= 0.3 is 0 Å². The van der Waals surface area contributed by atoms with Gasteiger partial charge in [-0.3, -0.25) is 4.90 Å². The summed E-state index contributed by atoms with van der Waals surface area (Å²) in [5, 5.41) is 6.60. The maximum Gasteiger partial charge on any atom is 0.285 e. The maximum absolute atomic E-state index is 13.4. The lowest BCUT2D eigenvalue weighted by Gasteiger charge is -2.45. The number of anilines is 1. The Morgan fingerprint density at radius 3 is 2.39 bits per heavy atom. The predicted octanol–water partition coefficient (Wildman–Crippen LogP) is 4.06. The quantitative estimate of drug-likeness (QED) is 0.0775. The molecule has 1 heterocycles. The zero-order chi connectivity index (χ0) is 36.4. The average Bonchev–Trinajstić information content (AvgIpc) is 3.14. The number of methoxy groups -OCH3 is 1. The van der Waals surface area contributed by atoms with Crippen molar-refractivity contribution in [2.24, 2.45) is 15.3 Å². The number of piperazine rings is 1. The Labute approximate surface area is 308 Å². The first-order valence-corrected chi connectivity index (χ1v) is 20.2. The smallest absolute Gasteiger partial charge is 0.285 e. The largest absolute Gasteiger partial charge is 0.380 e. The van der Waals surface area contributed by atoms with Crippen molar-refractivity contribution in [3.63, 3.8) is 0 Å². The standard InChI is InChI=1S/C37H52BN7O4S2/c1-43(2)20-17-29(27-50-31-10-5-4-6-11-31)40-34-14-13-32(25-35(34)41-46)51(47,48)42-36(39)45-23-21-44(22-24-45)30-15-18-37(49-3,19-16-30)26-28-9-7-8-12-33(28)38/h4-14,25,29-30,40H,15-24,26-27,38H2,1-3H3,(H2,39,42)/t29-,30?,37?/m1/s1. The van der Waals surface area contributed by atoms with Gasteiger partial charge in [0.05, 0.1) is 16.2 Å². The number of thioether (sulfide) groups is 1. The minimum atomic E-state index is -4.18. The number of nitrogens with one attached hydrogen (secondary N) is 1. The van der Waals surface area contributed by atoms with E-state index in [1.165, 1.54) is 23.2 Å². The van der Waals surface area contributed by atoms with Gasteiger partial charge < -0.3 is 25.6 Å². The topological polar surface area (TPSA) is 133 Å². The first-order valence-electron chi connectivity index (χ1n) is 17.8. The summed E-state index contributed by atoms with van der Waals surface area (Å²) in [6, 6.07) is 23.5. The molecule has 0 unspecified atom stereocenters. The van der Waals surface area contributed by atoms with Gasteiger partial charge in [-0.1, -0.05) is 53.5 Å². The van der Waals surface area contributed by atoms with Crippen LogP contribution in [-0.4, -0.2) is 114 Å². The molecule has 0 bridgehead atoms. The molecular weight excluding hydrogens is 681 g/mol. The van der Waals surface area contributed by atoms with Crippen LogP contribution in [0, 0.1) is 4.91 Å². The molecule has 1 atom stereocenters. The van der Waals surface area contributed by atoms with E-state index in [9.17, 15) is 13.3 Å². The lowest BCUT2D eigenvalue weighted by molar-refractivity contribution is -0.0574. The van der Waals surface area contributed by atoms with Crippen LogP contribution in [0.3, 0.4) is 0 Å². The first-order chi connectivity index (χ1) is 24.5. The summed E-state index contributed by atoms with van der Waals surface area (Å²) >= 11 is 1.72. The lowest BCUT2D eigenvalue weighted by atomic mass is 9.75. The monoisotopic (exact) mass is 733 g/mol. The molecule has 3 aromatic carbocycles. The molecule has 0 radical (unpaired) electrons. The van der Waals surface area contributed by atoms with E-state index in [1.54, 1.807) is 17.8 Å². The molecule has 1 saturated heterocycles. The fourth-order valence-corrected chi connectivity index (χ4v) is 9.03. The Morgan fingerprint density at radius 2 is 1.75 bits per heavy atom. The van der Waals surface area contributed by atoms with Gasteiger partial charge in [0.15, 0.2) is 0 Å². The molecule has 1 saturated carbocycles. The second kappa shape index (κ2) is 17.9. The molecule has 2 aliphatic rings. The number of hydrogen-bond donors (Lipinski definition) is 2. The second-order valence-electron chi connectivity index (χ2n) is 14.0. The molecule has 0 aromatic heterocycles. The molecule has 2 fully saturated rings. The van der Waals surface area contributed by atoms with E-state index in [0.717, 1.165) is 68.8 Å². The Balaban J connectivity index is 1.17. The minimum absolute atomic E-state index is 0.0156. The molecule has 0 spiro atoms. The van der Waals surface area contributed by atoms with Crippen molar-refractivity contribution in [2.45, 2.75) is 66.0 Å². The van der Waals surface area contributed by atoms with Gasteiger partial charge in [-0.15, -0.1) is 21.1 Å². The van der Waals surface area contributed by atoms with Crippen molar-refractivity contribution in [1.82, 2.24) is 14.7 Å². The van der Waals surface area contributed by atoms with Crippen LogP contribution < -0.4 is 16.5 Å². The van der Waals surface area contributed by atoms with Crippen molar-refractivity contribution >= 4 is 52.4 Å². The number of benzene rings is 3. The van der Waals surface area contributed by atoms with Gasteiger partial charge in [0, 0.05) is 62.4 Å². The van der Waals surface area contributed by atoms with Crippen LogP contribution in [0.2, 0.25) is 0 Å². The van der Waals surface area contributed by atoms with Crippen molar-refractivity contribution in [2.75, 3.05) is 65.0 Å². The Bertz CT molecular complexity index is 1730. The molecule has 274 valence electrons. The summed E-state index contributed by atoms with van der Waals surface area (Å²) in [5.41, 5.74) is 9.31. The van der Waals surface area contributed by atoms with Crippen LogP contribution in [0.1, 0.15) is 37.7 Å². The number of guanidine groups is 1. The average molecular weight is 734 g/mol. The Morgan fingerprint density at radius 1 is 1.06 bits per heavy atom. The van der Waals surface area contributed by atoms with Crippen molar-refractivity contribution < 1.29 is 13.2 Å². The molecule has 11 nitrogen and oxygen atoms in total. The van der Waals surface area contributed by atoms with Gasteiger partial charge in [0.2, 0.25) is 5.96 Å². The number of rotatable bonds is 15. The third-order valence-electron chi connectivity index (χ3n) is 10.3. The number of hydrogen-bond acceptors (Lipinski definition) is 9. The Kier molecular flexibility index (Phi) is 13.6. The van der Waals surface area contributed by atoms with E-state index >= 15 is 0 Å². The fraction of sp³-hybridized carbons (Fsp3) is 0.486. The van der Waals surface area contributed by atoms with Gasteiger partial charge in [0.25, 0.3) is 10.0 Å². The van der Waals surface area contributed by atoms with Crippen LogP contribution in [0.5, 0.6) is 0 Å². The molecule has 3 aromatic rings. The summed E-state index contributed by atoms with van der Waals surface area (Å²) in [4.78, 5) is 19.4. The Hall–Kier alpha value is -3.43. The summed E-state index contributed by atoms with van der Waals surface area (Å²) in [6.45, 7) is 3.56. The molecule has 14 heteroatoms. The third-order valence-corrected chi connectivity index (χ3v) is 12.7. The van der Waals surface area contributed by atoms with E-state index in [1.807, 2.05) is 44.3 Å². The van der Waals surface area contributed by atoms with Crippen molar-refractivity contribution in [3.05, 3.63) is 83.3 Å². The molecule has 51 heavy (non-hydrogen) atoms. The van der Waals surface area contributed by atoms with E-state index in [2.05, 4.69) is 68.9 Å². The first kappa shape index (κ1) is 38.8. The highest BCUT2D eigenvalue weighted by atomic mass is 32.2. The summed E-state index contributed by atoms with van der Waals surface area (Å²) in [7, 11) is 3.86. The van der Waals surface area contributed by atoms with Crippen LogP contribution in [0.4, 0.5) is 11.4 Å². The number of sulfonamides is 1. The van der Waals surface area contributed by atoms with Crippen molar-refractivity contribution in [1.29, 1.82) is 0 Å². The maximum atomic E-state index is 13.4. The highest BCUT2D eigenvalue weighted by Gasteiger charge is 2.38. The zero-order valence-electron chi connectivity index (χ0n) is 30.3. The molecule has 5 rings (SSSR count). The van der Waals surface area contributed by atoms with Gasteiger partial charge in [-0.2, -0.15) is 8.42 Å². The summed E-state index contributed by atoms with van der Waals surface area (Å²) in [6.07, 6.45) is 5.85. The van der Waals surface area contributed by atoms with Gasteiger partial charge in [-0.25, -0.2) is 0 Å². The zero-order valence-corrected chi connectivity index (χ0v) is 32.0. The third kappa shape index (κ3) is 10.6. The lowest BCUT2D eigenvalue weighted by Crippen LogP contribution is -2.55. The fourth-order valence-electron chi connectivity index (χ4n) is 7.07. The van der Waals surface area contributed by atoms with Crippen LogP contribution in [0.25, 0.3) is 0 Å². The molecule has 0 amide bonds. The van der Waals surface area contributed by atoms with E-state index < -0.39 is 10.0 Å². The highest BCUT2D eigenvalue weighted by molar-refractivity contribution is 7.99. The predicted molar refractivity (Wildman–Crippen MR) is 212 cm³/mol. The molecule has 3 N–H and O–H groups in total. The molecular formula is C37H52BN7O4S2. The van der Waals surface area contributed by atoms with E-state index in [0.29, 0.717) is 24.8 Å². The number of nitrogens with zero attached hydrogens (tertiary/aromatic N) is 5. The molecule has 1 aliphatic carbocycles. The number of nitrogens with two attached hydrogens (primary N) is 1. The normalized spacial score (nSPS) is 21.1.